The first-order chi connectivity index (χ1) is 11.5. The van der Waals surface area contributed by atoms with Crippen LogP contribution in [0.5, 0.6) is 5.75 Å². The fourth-order valence-electron chi connectivity index (χ4n) is 2.09. The number of hydrogen-bond acceptors (Lipinski definition) is 6. The van der Waals surface area contributed by atoms with Crippen molar-refractivity contribution < 1.29 is 14.2 Å². The van der Waals surface area contributed by atoms with E-state index in [1.54, 1.807) is 24.3 Å². The smallest absolute Gasteiger partial charge is 0.288 e. The van der Waals surface area contributed by atoms with E-state index in [2.05, 4.69) is 10.1 Å². The highest BCUT2D eigenvalue weighted by Crippen LogP contribution is 2.33. The molecule has 0 aliphatic heterocycles. The zero-order valence-electron chi connectivity index (χ0n) is 12.2. The molecule has 0 saturated carbocycles. The molecule has 1 aromatic heterocycles. The van der Waals surface area contributed by atoms with Gasteiger partial charge in [0.2, 0.25) is 5.82 Å². The van der Waals surface area contributed by atoms with Crippen molar-refractivity contribution in [3.63, 3.8) is 0 Å². The van der Waals surface area contributed by atoms with Gasteiger partial charge in [0.15, 0.2) is 0 Å². The molecule has 7 nitrogen and oxygen atoms in total. The number of nitro groups is 1. The predicted octanol–water partition coefficient (Wildman–Crippen LogP) is 4.63. The third-order valence-corrected chi connectivity index (χ3v) is 3.77. The maximum atomic E-state index is 11.0. The molecule has 0 spiro atoms. The minimum absolute atomic E-state index is 0.0278. The Bertz CT molecular complexity index is 927. The normalized spacial score (nSPS) is 10.6. The van der Waals surface area contributed by atoms with Gasteiger partial charge in [0, 0.05) is 16.7 Å². The standard InChI is InChI=1S/C15H9Cl2N3O4/c1-23-13-5-3-9(16)7-10(13)14-18-15(24-19-14)8-2-4-11(17)12(6-8)20(21)22/h2-7H,1H3. The molecule has 0 radical (unpaired) electrons. The van der Waals surface area contributed by atoms with E-state index in [1.807, 2.05) is 0 Å². The van der Waals surface area contributed by atoms with E-state index in [0.717, 1.165) is 0 Å². The third kappa shape index (κ3) is 3.04. The molecule has 0 fully saturated rings. The Morgan fingerprint density at radius 3 is 2.71 bits per heavy atom. The van der Waals surface area contributed by atoms with Gasteiger partial charge in [-0.1, -0.05) is 28.4 Å². The quantitative estimate of drug-likeness (QED) is 0.494. The molecular formula is C15H9Cl2N3O4. The molecule has 3 aromatic rings. The summed E-state index contributed by atoms with van der Waals surface area (Å²) >= 11 is 11.8. The number of halogens is 2. The minimum atomic E-state index is -0.580. The maximum Gasteiger partial charge on any atom is 0.288 e. The van der Waals surface area contributed by atoms with Gasteiger partial charge in [-0.3, -0.25) is 10.1 Å². The zero-order chi connectivity index (χ0) is 17.3. The second-order valence-electron chi connectivity index (χ2n) is 4.69. The number of ether oxygens (including phenoxy) is 1. The van der Waals surface area contributed by atoms with Gasteiger partial charge in [-0.05, 0) is 30.3 Å². The number of benzene rings is 2. The van der Waals surface area contributed by atoms with Gasteiger partial charge in [-0.15, -0.1) is 0 Å². The molecule has 122 valence electrons. The van der Waals surface area contributed by atoms with E-state index in [0.29, 0.717) is 21.9 Å². The van der Waals surface area contributed by atoms with Gasteiger partial charge in [-0.25, -0.2) is 0 Å². The lowest BCUT2D eigenvalue weighted by Gasteiger charge is -2.04. The molecule has 0 N–H and O–H groups in total. The van der Waals surface area contributed by atoms with E-state index >= 15 is 0 Å². The predicted molar refractivity (Wildman–Crippen MR) is 88.4 cm³/mol. The molecule has 1 heterocycles. The topological polar surface area (TPSA) is 91.3 Å². The van der Waals surface area contributed by atoms with Crippen LogP contribution in [0.3, 0.4) is 0 Å². The van der Waals surface area contributed by atoms with Crippen LogP contribution >= 0.6 is 23.2 Å². The van der Waals surface area contributed by atoms with Crippen LogP contribution in [0.15, 0.2) is 40.9 Å². The van der Waals surface area contributed by atoms with Gasteiger partial charge < -0.3 is 9.26 Å². The average molecular weight is 366 g/mol. The number of rotatable bonds is 4. The van der Waals surface area contributed by atoms with Crippen molar-refractivity contribution >= 4 is 28.9 Å². The first-order valence-corrected chi connectivity index (χ1v) is 7.37. The van der Waals surface area contributed by atoms with Crippen molar-refractivity contribution in [3.05, 3.63) is 56.6 Å². The Labute approximate surface area is 145 Å². The fraction of sp³-hybridized carbons (Fsp3) is 0.0667. The lowest BCUT2D eigenvalue weighted by molar-refractivity contribution is -0.384. The molecule has 9 heteroatoms. The first-order valence-electron chi connectivity index (χ1n) is 6.61. The summed E-state index contributed by atoms with van der Waals surface area (Å²) in [6.07, 6.45) is 0. The van der Waals surface area contributed by atoms with Crippen molar-refractivity contribution in [2.45, 2.75) is 0 Å². The van der Waals surface area contributed by atoms with E-state index in [-0.39, 0.29) is 22.4 Å². The number of hydrogen-bond donors (Lipinski definition) is 0. The lowest BCUT2D eigenvalue weighted by atomic mass is 10.2. The summed E-state index contributed by atoms with van der Waals surface area (Å²) in [6, 6.07) is 9.23. The van der Waals surface area contributed by atoms with Crippen LogP contribution in [-0.2, 0) is 0 Å². The second kappa shape index (κ2) is 6.46. The highest BCUT2D eigenvalue weighted by Gasteiger charge is 2.19. The first kappa shape index (κ1) is 16.2. The van der Waals surface area contributed by atoms with Crippen molar-refractivity contribution in [1.82, 2.24) is 10.1 Å². The van der Waals surface area contributed by atoms with Crippen LogP contribution in [0.2, 0.25) is 10.0 Å². The van der Waals surface area contributed by atoms with Crippen molar-refractivity contribution in [3.8, 4) is 28.6 Å². The molecule has 0 unspecified atom stereocenters. The van der Waals surface area contributed by atoms with Crippen LogP contribution in [0, 0.1) is 10.1 Å². The van der Waals surface area contributed by atoms with E-state index in [4.69, 9.17) is 32.5 Å². The monoisotopic (exact) mass is 365 g/mol. The summed E-state index contributed by atoms with van der Waals surface area (Å²) in [7, 11) is 1.51. The molecule has 0 aliphatic rings. The molecule has 2 aromatic carbocycles. The van der Waals surface area contributed by atoms with Crippen LogP contribution in [0.4, 0.5) is 5.69 Å². The van der Waals surface area contributed by atoms with E-state index < -0.39 is 4.92 Å². The Morgan fingerprint density at radius 2 is 2.00 bits per heavy atom. The zero-order valence-corrected chi connectivity index (χ0v) is 13.7. The van der Waals surface area contributed by atoms with Gasteiger partial charge in [-0.2, -0.15) is 4.98 Å². The second-order valence-corrected chi connectivity index (χ2v) is 5.53. The SMILES string of the molecule is COc1ccc(Cl)cc1-c1noc(-c2ccc(Cl)c([N+](=O)[O-])c2)n1. The summed E-state index contributed by atoms with van der Waals surface area (Å²) in [5.74, 6) is 0.891. The summed E-state index contributed by atoms with van der Waals surface area (Å²) in [6.45, 7) is 0. The van der Waals surface area contributed by atoms with Crippen LogP contribution < -0.4 is 4.74 Å². The third-order valence-electron chi connectivity index (χ3n) is 3.22. The molecule has 0 atom stereocenters. The van der Waals surface area contributed by atoms with Crippen molar-refractivity contribution in [1.29, 1.82) is 0 Å². The lowest BCUT2D eigenvalue weighted by Crippen LogP contribution is -1.91. The van der Waals surface area contributed by atoms with Gasteiger partial charge >= 0.3 is 0 Å². The number of methoxy groups -OCH3 is 1. The highest BCUT2D eigenvalue weighted by atomic mass is 35.5. The van der Waals surface area contributed by atoms with Gasteiger partial charge in [0.05, 0.1) is 17.6 Å². The van der Waals surface area contributed by atoms with Crippen LogP contribution in [-0.4, -0.2) is 22.2 Å². The van der Waals surface area contributed by atoms with Crippen LogP contribution in [0.1, 0.15) is 0 Å². The number of nitrogens with zero attached hydrogens (tertiary/aromatic N) is 3. The number of aromatic nitrogens is 2. The Balaban J connectivity index is 2.05. The van der Waals surface area contributed by atoms with Crippen molar-refractivity contribution in [2.24, 2.45) is 0 Å². The highest BCUT2D eigenvalue weighted by molar-refractivity contribution is 6.32. The van der Waals surface area contributed by atoms with E-state index in [1.165, 1.54) is 19.2 Å². The minimum Gasteiger partial charge on any atom is -0.496 e. The average Bonchev–Trinajstić information content (AvgIpc) is 3.04. The summed E-state index contributed by atoms with van der Waals surface area (Å²) in [4.78, 5) is 14.6. The number of nitro benzene ring substituents is 1. The molecule has 0 amide bonds. The van der Waals surface area contributed by atoms with Gasteiger partial charge in [0.25, 0.3) is 11.6 Å². The largest absolute Gasteiger partial charge is 0.496 e. The van der Waals surface area contributed by atoms with E-state index in [9.17, 15) is 10.1 Å². The van der Waals surface area contributed by atoms with Crippen molar-refractivity contribution in [2.75, 3.05) is 7.11 Å². The molecule has 0 saturated heterocycles. The molecule has 3 rings (SSSR count). The Kier molecular flexibility index (Phi) is 4.37. The molecule has 24 heavy (non-hydrogen) atoms. The Hall–Kier alpha value is -2.64. The molecular weight excluding hydrogens is 357 g/mol. The Morgan fingerprint density at radius 1 is 1.21 bits per heavy atom. The fourth-order valence-corrected chi connectivity index (χ4v) is 2.45. The summed E-state index contributed by atoms with van der Waals surface area (Å²) < 4.78 is 10.4. The molecule has 0 bridgehead atoms. The van der Waals surface area contributed by atoms with Gasteiger partial charge in [0.1, 0.15) is 10.8 Å². The molecule has 0 aliphatic carbocycles. The summed E-state index contributed by atoms with van der Waals surface area (Å²) in [5, 5.41) is 15.4. The summed E-state index contributed by atoms with van der Waals surface area (Å²) in [5.41, 5.74) is 0.684. The maximum absolute atomic E-state index is 11.0. The van der Waals surface area contributed by atoms with Crippen LogP contribution in [0.25, 0.3) is 22.8 Å².